The molecule has 6 heteroatoms. The number of hydrogen-bond acceptors (Lipinski definition) is 4. The fraction of sp³-hybridized carbons (Fsp3) is 0.600. The van der Waals surface area contributed by atoms with E-state index in [1.54, 1.807) is 6.20 Å². The first-order chi connectivity index (χ1) is 9.83. The van der Waals surface area contributed by atoms with Crippen molar-refractivity contribution < 1.29 is 14.3 Å². The number of nitrogens with one attached hydrogen (secondary N) is 1. The SMILES string of the molecule is CC(C)(C)OC(=O)NC1(c2ccc(Br)cn2)[C@@H]2COC[C@@H]21. The second-order valence-electron chi connectivity index (χ2n) is 6.61. The number of hydrogen-bond donors (Lipinski definition) is 1. The lowest BCUT2D eigenvalue weighted by atomic mass is 10.1. The van der Waals surface area contributed by atoms with E-state index in [1.165, 1.54) is 0 Å². The third-order valence-electron chi connectivity index (χ3n) is 4.00. The van der Waals surface area contributed by atoms with Gasteiger partial charge in [0.25, 0.3) is 0 Å². The molecule has 5 nitrogen and oxygen atoms in total. The van der Waals surface area contributed by atoms with Gasteiger partial charge in [-0.15, -0.1) is 0 Å². The predicted molar refractivity (Wildman–Crippen MR) is 80.8 cm³/mol. The lowest BCUT2D eigenvalue weighted by molar-refractivity contribution is 0.0447. The van der Waals surface area contributed by atoms with Gasteiger partial charge < -0.3 is 14.8 Å². The first kappa shape index (κ1) is 14.8. The monoisotopic (exact) mass is 354 g/mol. The van der Waals surface area contributed by atoms with Crippen LogP contribution in [0.25, 0.3) is 0 Å². The Morgan fingerprint density at radius 3 is 2.62 bits per heavy atom. The molecule has 1 saturated heterocycles. The van der Waals surface area contributed by atoms with E-state index >= 15 is 0 Å². The number of ether oxygens (including phenoxy) is 2. The van der Waals surface area contributed by atoms with Crippen LogP contribution in [0, 0.1) is 11.8 Å². The maximum absolute atomic E-state index is 12.2. The molecule has 1 N–H and O–H groups in total. The number of fused-ring (bicyclic) bond motifs is 1. The van der Waals surface area contributed by atoms with Crippen molar-refractivity contribution in [2.45, 2.75) is 31.9 Å². The number of alkyl carbamates (subject to hydrolysis) is 1. The normalized spacial score (nSPS) is 30.7. The number of halogens is 1. The molecule has 0 aromatic carbocycles. The van der Waals surface area contributed by atoms with Crippen molar-refractivity contribution in [1.82, 2.24) is 10.3 Å². The summed E-state index contributed by atoms with van der Waals surface area (Å²) < 4.78 is 11.8. The summed E-state index contributed by atoms with van der Waals surface area (Å²) in [6, 6.07) is 3.88. The zero-order valence-corrected chi connectivity index (χ0v) is 13.9. The Labute approximate surface area is 132 Å². The molecular formula is C15H19BrN2O3. The molecule has 2 heterocycles. The number of carbonyl (C=O) groups is 1. The highest BCUT2D eigenvalue weighted by molar-refractivity contribution is 9.10. The highest BCUT2D eigenvalue weighted by atomic mass is 79.9. The third kappa shape index (κ3) is 2.66. The minimum absolute atomic E-state index is 0.277. The van der Waals surface area contributed by atoms with Crippen molar-refractivity contribution in [2.75, 3.05) is 13.2 Å². The summed E-state index contributed by atoms with van der Waals surface area (Å²) in [5.74, 6) is 0.553. The summed E-state index contributed by atoms with van der Waals surface area (Å²) in [6.45, 7) is 6.87. The van der Waals surface area contributed by atoms with Gasteiger partial charge in [0.15, 0.2) is 0 Å². The molecule has 114 valence electrons. The van der Waals surface area contributed by atoms with Crippen LogP contribution in [0.3, 0.4) is 0 Å². The topological polar surface area (TPSA) is 60.5 Å². The van der Waals surface area contributed by atoms with Crippen LogP contribution in [0.5, 0.6) is 0 Å². The van der Waals surface area contributed by atoms with E-state index < -0.39 is 17.2 Å². The van der Waals surface area contributed by atoms with Crippen LogP contribution in [0.15, 0.2) is 22.8 Å². The van der Waals surface area contributed by atoms with Gasteiger partial charge in [-0.25, -0.2) is 4.79 Å². The highest BCUT2D eigenvalue weighted by Crippen LogP contribution is 2.60. The minimum Gasteiger partial charge on any atom is -0.444 e. The zero-order chi connectivity index (χ0) is 15.3. The molecule has 1 amide bonds. The quantitative estimate of drug-likeness (QED) is 0.886. The van der Waals surface area contributed by atoms with E-state index in [9.17, 15) is 4.79 Å². The average molecular weight is 355 g/mol. The zero-order valence-electron chi connectivity index (χ0n) is 12.4. The second kappa shape index (κ2) is 4.95. The van der Waals surface area contributed by atoms with Gasteiger partial charge in [0.2, 0.25) is 0 Å². The first-order valence-corrected chi connectivity index (χ1v) is 7.83. The summed E-state index contributed by atoms with van der Waals surface area (Å²) in [6.07, 6.45) is 1.35. The second-order valence-corrected chi connectivity index (χ2v) is 7.52. The van der Waals surface area contributed by atoms with Crippen LogP contribution in [0.2, 0.25) is 0 Å². The van der Waals surface area contributed by atoms with Gasteiger partial charge in [0, 0.05) is 22.5 Å². The summed E-state index contributed by atoms with van der Waals surface area (Å²) >= 11 is 3.39. The Bertz CT molecular complexity index is 543. The third-order valence-corrected chi connectivity index (χ3v) is 4.47. The lowest BCUT2D eigenvalue weighted by Gasteiger charge is -2.26. The maximum Gasteiger partial charge on any atom is 0.408 e. The molecule has 3 rings (SSSR count). The maximum atomic E-state index is 12.2. The summed E-state index contributed by atoms with van der Waals surface area (Å²) in [4.78, 5) is 16.6. The lowest BCUT2D eigenvalue weighted by Crippen LogP contribution is -2.43. The van der Waals surface area contributed by atoms with E-state index in [1.807, 2.05) is 32.9 Å². The van der Waals surface area contributed by atoms with Gasteiger partial charge in [-0.2, -0.15) is 0 Å². The van der Waals surface area contributed by atoms with Crippen molar-refractivity contribution in [3.05, 3.63) is 28.5 Å². The fourth-order valence-electron chi connectivity index (χ4n) is 3.08. The Morgan fingerprint density at radius 1 is 1.43 bits per heavy atom. The number of rotatable bonds is 2. The summed E-state index contributed by atoms with van der Waals surface area (Å²) in [5, 5.41) is 3.04. The highest BCUT2D eigenvalue weighted by Gasteiger charge is 2.70. The molecule has 1 aromatic rings. The summed E-state index contributed by atoms with van der Waals surface area (Å²) in [5.41, 5.74) is -0.0879. The van der Waals surface area contributed by atoms with Crippen molar-refractivity contribution in [3.8, 4) is 0 Å². The van der Waals surface area contributed by atoms with Gasteiger partial charge in [-0.3, -0.25) is 4.98 Å². The van der Waals surface area contributed by atoms with Gasteiger partial charge in [-0.1, -0.05) is 0 Å². The van der Waals surface area contributed by atoms with Gasteiger partial charge in [0.05, 0.1) is 24.4 Å². The van der Waals surface area contributed by atoms with Crippen molar-refractivity contribution in [2.24, 2.45) is 11.8 Å². The predicted octanol–water partition coefficient (Wildman–Crippen LogP) is 2.84. The van der Waals surface area contributed by atoms with E-state index in [4.69, 9.17) is 9.47 Å². The Balaban J connectivity index is 1.83. The van der Waals surface area contributed by atoms with E-state index in [0.717, 1.165) is 10.2 Å². The average Bonchev–Trinajstić information content (AvgIpc) is 2.76. The Hall–Kier alpha value is -1.14. The number of aromatic nitrogens is 1. The molecule has 1 aliphatic carbocycles. The smallest absolute Gasteiger partial charge is 0.408 e. The fourth-order valence-corrected chi connectivity index (χ4v) is 3.31. The van der Waals surface area contributed by atoms with Crippen LogP contribution in [-0.4, -0.2) is 29.9 Å². The van der Waals surface area contributed by atoms with Gasteiger partial charge >= 0.3 is 6.09 Å². The van der Waals surface area contributed by atoms with Crippen molar-refractivity contribution in [3.63, 3.8) is 0 Å². The van der Waals surface area contributed by atoms with Gasteiger partial charge in [-0.05, 0) is 48.8 Å². The van der Waals surface area contributed by atoms with Crippen LogP contribution in [0.4, 0.5) is 4.79 Å². The summed E-state index contributed by atoms with van der Waals surface area (Å²) in [7, 11) is 0. The Morgan fingerprint density at radius 2 is 2.10 bits per heavy atom. The van der Waals surface area contributed by atoms with Crippen LogP contribution >= 0.6 is 15.9 Å². The van der Waals surface area contributed by atoms with Crippen LogP contribution < -0.4 is 5.32 Å². The molecule has 3 atom stereocenters. The number of nitrogens with zero attached hydrogens (tertiary/aromatic N) is 1. The first-order valence-electron chi connectivity index (χ1n) is 7.04. The molecule has 21 heavy (non-hydrogen) atoms. The molecule has 0 spiro atoms. The molecule has 2 fully saturated rings. The molecular weight excluding hydrogens is 336 g/mol. The van der Waals surface area contributed by atoms with E-state index in [0.29, 0.717) is 13.2 Å². The molecule has 1 aromatic heterocycles. The number of amides is 1. The minimum atomic E-state index is -0.515. The molecule has 1 unspecified atom stereocenters. The van der Waals surface area contributed by atoms with Crippen LogP contribution in [0.1, 0.15) is 26.5 Å². The number of carbonyl (C=O) groups excluding carboxylic acids is 1. The van der Waals surface area contributed by atoms with Crippen molar-refractivity contribution >= 4 is 22.0 Å². The molecule has 0 radical (unpaired) electrons. The molecule has 0 bridgehead atoms. The molecule has 1 aliphatic heterocycles. The van der Waals surface area contributed by atoms with Gasteiger partial charge in [0.1, 0.15) is 5.60 Å². The van der Waals surface area contributed by atoms with E-state index in [-0.39, 0.29) is 11.8 Å². The standard InChI is InChI=1S/C15H19BrN2O3/c1-14(2,3)21-13(19)18-15(10-7-20-8-11(10)15)12-5-4-9(16)6-17-12/h4-6,10-11H,7-8H2,1-3H3,(H,18,19)/t10-,11+,15?. The molecule has 2 aliphatic rings. The molecule has 1 saturated carbocycles. The van der Waals surface area contributed by atoms with Crippen LogP contribution in [-0.2, 0) is 15.0 Å². The number of pyridine rings is 1. The van der Waals surface area contributed by atoms with Crippen molar-refractivity contribution in [1.29, 1.82) is 0 Å². The van der Waals surface area contributed by atoms with E-state index in [2.05, 4.69) is 26.2 Å². The largest absolute Gasteiger partial charge is 0.444 e. The Kier molecular flexibility index (Phi) is 3.48.